The van der Waals surface area contributed by atoms with Gasteiger partial charge in [0.05, 0.1) is 11.4 Å². The third kappa shape index (κ3) is 3.17. The Bertz CT molecular complexity index is 673. The maximum atomic E-state index is 12.1. The fourth-order valence-electron chi connectivity index (χ4n) is 1.68. The molecular formula is C11H10BrClN2O3S. The molecule has 1 aromatic rings. The Morgan fingerprint density at radius 2 is 2.21 bits per heavy atom. The molecular weight excluding hydrogens is 356 g/mol. The Morgan fingerprint density at radius 3 is 2.84 bits per heavy atom. The van der Waals surface area contributed by atoms with Crippen molar-refractivity contribution >= 4 is 49.1 Å². The van der Waals surface area contributed by atoms with Crippen LogP contribution >= 0.6 is 27.5 Å². The molecule has 1 aliphatic heterocycles. The monoisotopic (exact) mass is 364 g/mol. The molecule has 1 aromatic carbocycles. The second-order valence-electron chi connectivity index (χ2n) is 4.01. The van der Waals surface area contributed by atoms with Gasteiger partial charge in [-0.15, -0.1) is 0 Å². The molecule has 0 aliphatic carbocycles. The van der Waals surface area contributed by atoms with E-state index >= 15 is 0 Å². The van der Waals surface area contributed by atoms with Crippen LogP contribution in [0.5, 0.6) is 0 Å². The van der Waals surface area contributed by atoms with Crippen LogP contribution in [-0.2, 0) is 21.2 Å². The number of carbonyl (C=O) groups is 1. The van der Waals surface area contributed by atoms with E-state index in [2.05, 4.69) is 32.5 Å². The number of anilines is 1. The Hall–Kier alpha value is -0.890. The summed E-state index contributed by atoms with van der Waals surface area (Å²) in [6.45, 7) is 3.61. The summed E-state index contributed by atoms with van der Waals surface area (Å²) in [4.78, 5) is 11.2. The van der Waals surface area contributed by atoms with E-state index in [1.807, 2.05) is 0 Å². The van der Waals surface area contributed by atoms with Gasteiger partial charge < -0.3 is 5.32 Å². The van der Waals surface area contributed by atoms with Crippen molar-refractivity contribution in [1.82, 2.24) is 4.72 Å². The first-order chi connectivity index (χ1) is 8.79. The predicted molar refractivity (Wildman–Crippen MR) is 77.0 cm³/mol. The van der Waals surface area contributed by atoms with Crippen molar-refractivity contribution in [3.8, 4) is 0 Å². The number of hydrogen-bond acceptors (Lipinski definition) is 3. The summed E-state index contributed by atoms with van der Waals surface area (Å²) >= 11 is 9.02. The van der Waals surface area contributed by atoms with Crippen molar-refractivity contribution in [2.45, 2.75) is 11.3 Å². The minimum absolute atomic E-state index is 0.0434. The van der Waals surface area contributed by atoms with Crippen LogP contribution in [-0.4, -0.2) is 20.9 Å². The molecule has 1 amide bonds. The molecule has 0 radical (unpaired) electrons. The van der Waals surface area contributed by atoms with E-state index in [0.29, 0.717) is 15.7 Å². The topological polar surface area (TPSA) is 75.3 Å². The van der Waals surface area contributed by atoms with Crippen LogP contribution in [0.1, 0.15) is 5.56 Å². The smallest absolute Gasteiger partial charge is 0.242 e. The molecule has 0 fully saturated rings. The number of sulfonamides is 1. The number of hydrogen-bond donors (Lipinski definition) is 2. The minimum Gasteiger partial charge on any atom is -0.325 e. The molecule has 1 heterocycles. The number of amides is 1. The highest BCUT2D eigenvalue weighted by Crippen LogP contribution is 2.32. The lowest BCUT2D eigenvalue weighted by atomic mass is 10.2. The Kier molecular flexibility index (Phi) is 4.00. The quantitative estimate of drug-likeness (QED) is 0.857. The predicted octanol–water partition coefficient (Wildman–Crippen LogP) is 2.02. The lowest BCUT2D eigenvalue weighted by molar-refractivity contribution is -0.115. The summed E-state index contributed by atoms with van der Waals surface area (Å²) in [5, 5.41) is 2.67. The van der Waals surface area contributed by atoms with Crippen LogP contribution < -0.4 is 10.0 Å². The second kappa shape index (κ2) is 5.24. The highest BCUT2D eigenvalue weighted by Gasteiger charge is 2.24. The first-order valence-electron chi connectivity index (χ1n) is 5.25. The van der Waals surface area contributed by atoms with Gasteiger partial charge in [-0.2, -0.15) is 0 Å². The van der Waals surface area contributed by atoms with Gasteiger partial charge in [0.1, 0.15) is 4.90 Å². The first kappa shape index (κ1) is 14.5. The third-order valence-corrected chi connectivity index (χ3v) is 4.67. The lowest BCUT2D eigenvalue weighted by Crippen LogP contribution is -2.25. The van der Waals surface area contributed by atoms with Gasteiger partial charge in [-0.25, -0.2) is 13.1 Å². The van der Waals surface area contributed by atoms with Crippen LogP contribution in [0.3, 0.4) is 0 Å². The number of fused-ring (bicyclic) bond motifs is 1. The Balaban J connectivity index is 2.38. The summed E-state index contributed by atoms with van der Waals surface area (Å²) in [7, 11) is -3.74. The lowest BCUT2D eigenvalue weighted by Gasteiger charge is -2.09. The fraction of sp³-hybridized carbons (Fsp3) is 0.182. The number of nitrogens with one attached hydrogen (secondary N) is 2. The molecule has 2 N–H and O–H groups in total. The molecule has 2 rings (SSSR count). The van der Waals surface area contributed by atoms with Crippen LogP contribution in [0, 0.1) is 0 Å². The van der Waals surface area contributed by atoms with Crippen LogP contribution in [0.25, 0.3) is 0 Å². The second-order valence-corrected chi connectivity index (χ2v) is 7.27. The number of benzene rings is 1. The van der Waals surface area contributed by atoms with Gasteiger partial charge in [-0.3, -0.25) is 4.79 Å². The highest BCUT2D eigenvalue weighted by molar-refractivity contribution is 9.11. The zero-order chi connectivity index (χ0) is 14.2. The van der Waals surface area contributed by atoms with Gasteiger partial charge in [0.25, 0.3) is 0 Å². The molecule has 5 nitrogen and oxygen atoms in total. The number of halogens is 2. The van der Waals surface area contributed by atoms with Crippen molar-refractivity contribution in [1.29, 1.82) is 0 Å². The van der Waals surface area contributed by atoms with Gasteiger partial charge in [0.15, 0.2) is 0 Å². The largest absolute Gasteiger partial charge is 0.325 e. The normalized spacial score (nSPS) is 14.1. The zero-order valence-electron chi connectivity index (χ0n) is 9.66. The van der Waals surface area contributed by atoms with E-state index in [-0.39, 0.29) is 28.8 Å². The van der Waals surface area contributed by atoms with Gasteiger partial charge >= 0.3 is 0 Å². The van der Waals surface area contributed by atoms with Gasteiger partial charge in [0, 0.05) is 16.7 Å². The molecule has 1 aliphatic rings. The number of carbonyl (C=O) groups excluding carboxylic acids is 1. The maximum Gasteiger partial charge on any atom is 0.242 e. The minimum atomic E-state index is -3.74. The highest BCUT2D eigenvalue weighted by atomic mass is 79.9. The molecule has 0 bridgehead atoms. The van der Waals surface area contributed by atoms with Crippen molar-refractivity contribution < 1.29 is 13.2 Å². The fourth-order valence-corrected chi connectivity index (χ4v) is 3.61. The van der Waals surface area contributed by atoms with Crippen LogP contribution in [0.2, 0.25) is 5.02 Å². The van der Waals surface area contributed by atoms with Crippen molar-refractivity contribution in [3.05, 3.63) is 33.8 Å². The van der Waals surface area contributed by atoms with Crippen molar-refractivity contribution in [2.75, 3.05) is 11.9 Å². The average molecular weight is 366 g/mol. The SMILES string of the molecule is C=C(Br)CNS(=O)(=O)c1cc2c(cc1Cl)NC(=O)C2. The summed E-state index contributed by atoms with van der Waals surface area (Å²) in [6.07, 6.45) is 0.153. The maximum absolute atomic E-state index is 12.1. The molecule has 0 saturated heterocycles. The van der Waals surface area contributed by atoms with E-state index < -0.39 is 10.0 Å². The molecule has 0 unspecified atom stereocenters. The molecule has 0 atom stereocenters. The van der Waals surface area contributed by atoms with Gasteiger partial charge in [-0.1, -0.05) is 34.1 Å². The molecule has 0 aromatic heterocycles. The van der Waals surface area contributed by atoms with E-state index in [1.54, 1.807) is 0 Å². The molecule has 0 spiro atoms. The summed E-state index contributed by atoms with van der Waals surface area (Å²) in [6, 6.07) is 2.86. The van der Waals surface area contributed by atoms with E-state index in [0.717, 1.165) is 0 Å². The molecule has 19 heavy (non-hydrogen) atoms. The molecule has 0 saturated carbocycles. The Labute approximate surface area is 124 Å². The van der Waals surface area contributed by atoms with Gasteiger partial charge in [-0.05, 0) is 17.7 Å². The summed E-state index contributed by atoms with van der Waals surface area (Å²) < 4.78 is 27.0. The van der Waals surface area contributed by atoms with Crippen LogP contribution in [0.4, 0.5) is 5.69 Å². The zero-order valence-corrected chi connectivity index (χ0v) is 12.8. The standard InChI is InChI=1S/C11H10BrClN2O3S/c1-6(12)5-14-19(17,18)10-2-7-3-11(16)15-9(7)4-8(10)13/h2,4,14H,1,3,5H2,(H,15,16). The molecule has 8 heteroatoms. The van der Waals surface area contributed by atoms with E-state index in [1.165, 1.54) is 12.1 Å². The third-order valence-electron chi connectivity index (χ3n) is 2.53. The van der Waals surface area contributed by atoms with E-state index in [9.17, 15) is 13.2 Å². The number of rotatable bonds is 4. The summed E-state index contributed by atoms with van der Waals surface area (Å²) in [5.74, 6) is -0.178. The first-order valence-corrected chi connectivity index (χ1v) is 7.90. The average Bonchev–Trinajstić information content (AvgIpc) is 2.64. The van der Waals surface area contributed by atoms with E-state index in [4.69, 9.17) is 11.6 Å². The van der Waals surface area contributed by atoms with Gasteiger partial charge in [0.2, 0.25) is 15.9 Å². The summed E-state index contributed by atoms with van der Waals surface area (Å²) in [5.41, 5.74) is 1.17. The van der Waals surface area contributed by atoms with Crippen molar-refractivity contribution in [3.63, 3.8) is 0 Å². The Morgan fingerprint density at radius 1 is 1.53 bits per heavy atom. The van der Waals surface area contributed by atoms with Crippen molar-refractivity contribution in [2.24, 2.45) is 0 Å². The molecule has 102 valence electrons. The van der Waals surface area contributed by atoms with Crippen LogP contribution in [0.15, 0.2) is 28.1 Å².